The van der Waals surface area contributed by atoms with Crippen LogP contribution in [0.4, 0.5) is 5.69 Å². The van der Waals surface area contributed by atoms with Crippen molar-refractivity contribution in [3.05, 3.63) is 30.3 Å². The monoisotopic (exact) mass is 195 g/mol. The van der Waals surface area contributed by atoms with Crippen molar-refractivity contribution >= 4 is 5.69 Å². The van der Waals surface area contributed by atoms with Crippen LogP contribution in [0.25, 0.3) is 0 Å². The molecule has 0 saturated heterocycles. The van der Waals surface area contributed by atoms with Crippen LogP contribution in [-0.2, 0) is 0 Å². The Balaban J connectivity index is 0. The summed E-state index contributed by atoms with van der Waals surface area (Å²) in [5, 5.41) is 0. The summed E-state index contributed by atoms with van der Waals surface area (Å²) < 4.78 is 0. The lowest BCUT2D eigenvalue weighted by Crippen LogP contribution is -2.15. The van der Waals surface area contributed by atoms with Crippen LogP contribution in [0.15, 0.2) is 30.3 Å². The van der Waals surface area contributed by atoms with Crippen LogP contribution in [0.3, 0.4) is 0 Å². The van der Waals surface area contributed by atoms with Crippen molar-refractivity contribution in [2.45, 2.75) is 34.6 Å². The van der Waals surface area contributed by atoms with Crippen molar-refractivity contribution in [3.8, 4) is 0 Å². The van der Waals surface area contributed by atoms with Gasteiger partial charge in [-0.25, -0.2) is 0 Å². The Labute approximate surface area is 89.8 Å². The van der Waals surface area contributed by atoms with Crippen LogP contribution >= 0.6 is 0 Å². The van der Waals surface area contributed by atoms with Gasteiger partial charge in [-0.1, -0.05) is 45.9 Å². The molecule has 0 spiro atoms. The van der Waals surface area contributed by atoms with Gasteiger partial charge in [-0.15, -0.1) is 0 Å². The molecule has 0 radical (unpaired) electrons. The summed E-state index contributed by atoms with van der Waals surface area (Å²) in [7, 11) is 2.09. The molecule has 0 N–H and O–H groups in total. The molecule has 0 fully saturated rings. The summed E-state index contributed by atoms with van der Waals surface area (Å²) in [4.78, 5) is 2.21. The molecule has 0 aromatic heterocycles. The fraction of sp³-hybridized carbons (Fsp3) is 0.538. The minimum Gasteiger partial charge on any atom is -0.375 e. The summed E-state index contributed by atoms with van der Waals surface area (Å²) in [6.07, 6.45) is 0. The number of anilines is 1. The first kappa shape index (κ1) is 15.5. The van der Waals surface area contributed by atoms with Crippen molar-refractivity contribution in [1.82, 2.24) is 0 Å². The van der Waals surface area contributed by atoms with Crippen LogP contribution in [0, 0.1) is 0 Å². The van der Waals surface area contributed by atoms with Gasteiger partial charge in [-0.2, -0.15) is 0 Å². The Morgan fingerprint density at radius 3 is 1.71 bits per heavy atom. The molecule has 0 unspecified atom stereocenters. The SMILES string of the molecule is CC.CC.CCN(C)c1ccccc1. The maximum absolute atomic E-state index is 2.21. The first-order valence-corrected chi connectivity index (χ1v) is 5.60. The van der Waals surface area contributed by atoms with Crippen molar-refractivity contribution in [3.63, 3.8) is 0 Å². The van der Waals surface area contributed by atoms with E-state index in [2.05, 4.69) is 43.1 Å². The maximum Gasteiger partial charge on any atom is 0.0363 e. The molecule has 0 saturated carbocycles. The van der Waals surface area contributed by atoms with E-state index in [0.29, 0.717) is 0 Å². The van der Waals surface area contributed by atoms with Crippen molar-refractivity contribution in [2.75, 3.05) is 18.5 Å². The van der Waals surface area contributed by atoms with E-state index in [-0.39, 0.29) is 0 Å². The lowest BCUT2D eigenvalue weighted by molar-refractivity contribution is 0.968. The van der Waals surface area contributed by atoms with Gasteiger partial charge in [0.15, 0.2) is 0 Å². The normalized spacial score (nSPS) is 7.57. The van der Waals surface area contributed by atoms with E-state index in [9.17, 15) is 0 Å². The Bertz CT molecular complexity index is 182. The van der Waals surface area contributed by atoms with E-state index in [1.807, 2.05) is 33.8 Å². The highest BCUT2D eigenvalue weighted by Crippen LogP contribution is 2.09. The maximum atomic E-state index is 2.21. The molecule has 0 amide bonds. The van der Waals surface area contributed by atoms with Crippen molar-refractivity contribution in [2.24, 2.45) is 0 Å². The van der Waals surface area contributed by atoms with Gasteiger partial charge in [0, 0.05) is 19.3 Å². The first-order valence-electron chi connectivity index (χ1n) is 5.60. The van der Waals surface area contributed by atoms with Gasteiger partial charge >= 0.3 is 0 Å². The highest BCUT2D eigenvalue weighted by Gasteiger charge is 1.92. The zero-order valence-corrected chi connectivity index (χ0v) is 10.5. The Hall–Kier alpha value is -0.980. The minimum atomic E-state index is 1.06. The Kier molecular flexibility index (Phi) is 13.3. The van der Waals surface area contributed by atoms with Crippen LogP contribution in [-0.4, -0.2) is 13.6 Å². The molecule has 1 aromatic rings. The molecule has 1 aromatic carbocycles. The highest BCUT2D eigenvalue weighted by atomic mass is 15.1. The molecule has 0 heterocycles. The molecule has 1 rings (SSSR count). The van der Waals surface area contributed by atoms with E-state index in [1.54, 1.807) is 0 Å². The number of hydrogen-bond donors (Lipinski definition) is 0. The molecule has 0 bridgehead atoms. The molecule has 0 atom stereocenters. The molecule has 14 heavy (non-hydrogen) atoms. The number of nitrogens with zero attached hydrogens (tertiary/aromatic N) is 1. The quantitative estimate of drug-likeness (QED) is 0.683. The summed E-state index contributed by atoms with van der Waals surface area (Å²) in [6.45, 7) is 11.2. The van der Waals surface area contributed by atoms with E-state index in [1.165, 1.54) is 5.69 Å². The molecule has 0 aliphatic carbocycles. The third-order valence-corrected chi connectivity index (χ3v) is 1.67. The number of hydrogen-bond acceptors (Lipinski definition) is 1. The predicted octanol–water partition coefficient (Wildman–Crippen LogP) is 4.20. The zero-order chi connectivity index (χ0) is 11.4. The molecule has 0 aliphatic rings. The predicted molar refractivity (Wildman–Crippen MR) is 68.1 cm³/mol. The molecule has 1 nitrogen and oxygen atoms in total. The van der Waals surface area contributed by atoms with Crippen molar-refractivity contribution < 1.29 is 0 Å². The zero-order valence-electron chi connectivity index (χ0n) is 10.5. The lowest BCUT2D eigenvalue weighted by Gasteiger charge is -2.15. The summed E-state index contributed by atoms with van der Waals surface area (Å²) in [6, 6.07) is 10.4. The lowest BCUT2D eigenvalue weighted by atomic mass is 10.3. The molecular formula is C13H25N. The average molecular weight is 195 g/mol. The molecular weight excluding hydrogens is 170 g/mol. The third-order valence-electron chi connectivity index (χ3n) is 1.67. The van der Waals surface area contributed by atoms with E-state index in [0.717, 1.165) is 6.54 Å². The first-order chi connectivity index (χ1) is 6.84. The largest absolute Gasteiger partial charge is 0.375 e. The molecule has 0 aliphatic heterocycles. The fourth-order valence-corrected chi connectivity index (χ4v) is 0.865. The van der Waals surface area contributed by atoms with Crippen molar-refractivity contribution in [1.29, 1.82) is 0 Å². The third kappa shape index (κ3) is 6.53. The summed E-state index contributed by atoms with van der Waals surface area (Å²) >= 11 is 0. The number of benzene rings is 1. The number of para-hydroxylation sites is 1. The van der Waals surface area contributed by atoms with Crippen LogP contribution in [0.2, 0.25) is 0 Å². The van der Waals surface area contributed by atoms with Crippen LogP contribution in [0.5, 0.6) is 0 Å². The second kappa shape index (κ2) is 12.0. The topological polar surface area (TPSA) is 3.24 Å². The smallest absolute Gasteiger partial charge is 0.0363 e. The van der Waals surface area contributed by atoms with Gasteiger partial charge in [-0.05, 0) is 19.1 Å². The second-order valence-corrected chi connectivity index (χ2v) is 2.35. The summed E-state index contributed by atoms with van der Waals surface area (Å²) in [5.74, 6) is 0. The Morgan fingerprint density at radius 2 is 1.36 bits per heavy atom. The van der Waals surface area contributed by atoms with E-state index in [4.69, 9.17) is 0 Å². The average Bonchev–Trinajstić information content (AvgIpc) is 2.34. The van der Waals surface area contributed by atoms with Crippen LogP contribution in [0.1, 0.15) is 34.6 Å². The number of rotatable bonds is 2. The van der Waals surface area contributed by atoms with Gasteiger partial charge in [-0.3, -0.25) is 0 Å². The fourth-order valence-electron chi connectivity index (χ4n) is 0.865. The van der Waals surface area contributed by atoms with Gasteiger partial charge in [0.25, 0.3) is 0 Å². The second-order valence-electron chi connectivity index (χ2n) is 2.35. The van der Waals surface area contributed by atoms with E-state index < -0.39 is 0 Å². The van der Waals surface area contributed by atoms with E-state index >= 15 is 0 Å². The van der Waals surface area contributed by atoms with Gasteiger partial charge in [0.1, 0.15) is 0 Å². The molecule has 82 valence electrons. The highest BCUT2D eigenvalue weighted by molar-refractivity contribution is 5.44. The van der Waals surface area contributed by atoms with Gasteiger partial charge in [0.2, 0.25) is 0 Å². The summed E-state index contributed by atoms with van der Waals surface area (Å²) in [5.41, 5.74) is 1.28. The van der Waals surface area contributed by atoms with Crippen LogP contribution < -0.4 is 4.90 Å². The van der Waals surface area contributed by atoms with Gasteiger partial charge in [0.05, 0.1) is 0 Å². The standard InChI is InChI=1S/C9H13N.2C2H6/c1-3-10(2)9-7-5-4-6-8-9;2*1-2/h4-8H,3H2,1-2H3;2*1-2H3. The Morgan fingerprint density at radius 1 is 0.929 bits per heavy atom. The molecule has 1 heteroatoms. The minimum absolute atomic E-state index is 1.06. The van der Waals surface area contributed by atoms with Gasteiger partial charge < -0.3 is 4.90 Å².